The maximum atomic E-state index is 12.7. The van der Waals surface area contributed by atoms with Crippen molar-refractivity contribution in [1.82, 2.24) is 10.4 Å². The molecule has 0 saturated carbocycles. The largest absolute Gasteiger partial charge is 0.455 e. The molecule has 4 rings (SSSR count). The molecule has 0 unspecified atom stereocenters. The number of carbonyl (C=O) groups excluding carboxylic acids is 2. The van der Waals surface area contributed by atoms with Crippen molar-refractivity contribution in [2.24, 2.45) is 5.10 Å². The molecular formula is C22H19ClN4O3. The number of hydrogen-bond donors (Lipinski definition) is 2. The number of nitrogens with zero attached hydrogens (tertiary/aromatic N) is 2. The normalized spacial score (nSPS) is 14.3. The van der Waals surface area contributed by atoms with E-state index in [1.165, 1.54) is 0 Å². The molecular weight excluding hydrogens is 404 g/mol. The monoisotopic (exact) mass is 422 g/mol. The number of fused-ring (bicyclic) bond motifs is 1. The van der Waals surface area contributed by atoms with Crippen LogP contribution in [-0.2, 0) is 6.42 Å². The van der Waals surface area contributed by atoms with E-state index < -0.39 is 0 Å². The van der Waals surface area contributed by atoms with Crippen LogP contribution in [0.1, 0.15) is 50.6 Å². The fourth-order valence-electron chi connectivity index (χ4n) is 3.42. The first-order valence-electron chi connectivity index (χ1n) is 9.50. The Kier molecular flexibility index (Phi) is 5.63. The lowest BCUT2D eigenvalue weighted by atomic mass is 9.93. The van der Waals surface area contributed by atoms with Gasteiger partial charge in [0, 0.05) is 34.3 Å². The first kappa shape index (κ1) is 19.8. The van der Waals surface area contributed by atoms with Gasteiger partial charge in [-0.15, -0.1) is 0 Å². The van der Waals surface area contributed by atoms with Crippen LogP contribution in [0, 0.1) is 6.92 Å². The summed E-state index contributed by atoms with van der Waals surface area (Å²) in [5.74, 6) is 0.635. The lowest BCUT2D eigenvalue weighted by molar-refractivity contribution is 0.0953. The third kappa shape index (κ3) is 4.11. The zero-order valence-corrected chi connectivity index (χ0v) is 17.0. The van der Waals surface area contributed by atoms with Crippen molar-refractivity contribution in [2.45, 2.75) is 26.2 Å². The minimum Gasteiger partial charge on any atom is -0.455 e. The lowest BCUT2D eigenvalue weighted by Crippen LogP contribution is -2.22. The molecule has 0 fully saturated rings. The molecule has 2 N–H and O–H groups in total. The lowest BCUT2D eigenvalue weighted by Gasteiger charge is -2.13. The number of hydrazone groups is 1. The van der Waals surface area contributed by atoms with Crippen molar-refractivity contribution in [3.05, 3.63) is 81.9 Å². The van der Waals surface area contributed by atoms with Gasteiger partial charge in [0.25, 0.3) is 11.8 Å². The molecule has 0 radical (unpaired) electrons. The Bertz CT molecular complexity index is 1140. The predicted octanol–water partition coefficient (Wildman–Crippen LogP) is 4.36. The van der Waals surface area contributed by atoms with Gasteiger partial charge in [-0.1, -0.05) is 23.7 Å². The average molecular weight is 423 g/mol. The Morgan fingerprint density at radius 2 is 2.00 bits per heavy atom. The number of halogens is 1. The molecule has 2 heterocycles. The van der Waals surface area contributed by atoms with Crippen LogP contribution in [0.25, 0.3) is 0 Å². The van der Waals surface area contributed by atoms with E-state index in [9.17, 15) is 9.59 Å². The van der Waals surface area contributed by atoms with Crippen LogP contribution in [-0.4, -0.2) is 22.5 Å². The van der Waals surface area contributed by atoms with Crippen LogP contribution in [0.4, 0.5) is 5.82 Å². The molecule has 8 heteroatoms. The average Bonchev–Trinajstić information content (AvgIpc) is 3.10. The molecule has 0 aliphatic heterocycles. The van der Waals surface area contributed by atoms with Crippen molar-refractivity contribution < 1.29 is 14.0 Å². The molecule has 1 aliphatic carbocycles. The summed E-state index contributed by atoms with van der Waals surface area (Å²) in [6.07, 6.45) is 3.79. The van der Waals surface area contributed by atoms with Crippen molar-refractivity contribution in [2.75, 3.05) is 5.32 Å². The van der Waals surface area contributed by atoms with Crippen LogP contribution in [0.3, 0.4) is 0 Å². The highest BCUT2D eigenvalue weighted by atomic mass is 35.5. The van der Waals surface area contributed by atoms with Crippen molar-refractivity contribution in [3.8, 4) is 0 Å². The fourth-order valence-corrected chi connectivity index (χ4v) is 3.61. The number of carbonyl (C=O) groups is 2. The second-order valence-corrected chi connectivity index (χ2v) is 7.32. The summed E-state index contributed by atoms with van der Waals surface area (Å²) in [6.45, 7) is 1.81. The minimum atomic E-state index is -0.372. The second kappa shape index (κ2) is 8.51. The molecule has 0 bridgehead atoms. The summed E-state index contributed by atoms with van der Waals surface area (Å²) in [6, 6.07) is 11.9. The highest BCUT2D eigenvalue weighted by Gasteiger charge is 2.28. The Balaban J connectivity index is 1.57. The van der Waals surface area contributed by atoms with Gasteiger partial charge in [-0.25, -0.2) is 10.4 Å². The van der Waals surface area contributed by atoms with Gasteiger partial charge in [-0.2, -0.15) is 5.10 Å². The SMILES string of the molecule is Cc1c(C(=O)Nc2ccccn2)oc2c1/C(=N/NC(=O)c1cccc(Cl)c1)CCC2. The molecule has 1 aromatic carbocycles. The summed E-state index contributed by atoms with van der Waals surface area (Å²) in [5.41, 5.74) is 5.15. The first-order chi connectivity index (χ1) is 14.5. The van der Waals surface area contributed by atoms with Gasteiger partial charge in [0.05, 0.1) is 5.71 Å². The summed E-state index contributed by atoms with van der Waals surface area (Å²) in [7, 11) is 0. The Morgan fingerprint density at radius 3 is 2.77 bits per heavy atom. The quantitative estimate of drug-likeness (QED) is 0.610. The summed E-state index contributed by atoms with van der Waals surface area (Å²) < 4.78 is 5.86. The van der Waals surface area contributed by atoms with Gasteiger partial charge in [0.1, 0.15) is 11.6 Å². The van der Waals surface area contributed by atoms with Crippen LogP contribution in [0.5, 0.6) is 0 Å². The standard InChI is InChI=1S/C22H19ClN4O3/c1-13-19-16(26-27-21(28)14-6-4-7-15(23)12-14)8-5-9-17(19)30-20(13)22(29)25-18-10-2-3-11-24-18/h2-4,6-7,10-12H,5,8-9H2,1H3,(H,27,28)(H,24,25,29)/b26-16+. The number of aromatic nitrogens is 1. The number of rotatable bonds is 4. The topological polar surface area (TPSA) is 96.6 Å². The molecule has 0 spiro atoms. The molecule has 0 saturated heterocycles. The highest BCUT2D eigenvalue weighted by molar-refractivity contribution is 6.31. The van der Waals surface area contributed by atoms with Gasteiger partial charge < -0.3 is 9.73 Å². The van der Waals surface area contributed by atoms with Crippen LogP contribution in [0.2, 0.25) is 5.02 Å². The Hall–Kier alpha value is -3.45. The number of nitrogens with one attached hydrogen (secondary N) is 2. The third-order valence-corrected chi connectivity index (χ3v) is 5.05. The summed E-state index contributed by atoms with van der Waals surface area (Å²) in [4.78, 5) is 29.2. The van der Waals surface area contributed by atoms with E-state index in [-0.39, 0.29) is 17.6 Å². The van der Waals surface area contributed by atoms with Gasteiger partial charge in [-0.3, -0.25) is 9.59 Å². The fraction of sp³-hybridized carbons (Fsp3) is 0.182. The van der Waals surface area contributed by atoms with Gasteiger partial charge in [0.2, 0.25) is 0 Å². The summed E-state index contributed by atoms with van der Waals surface area (Å²) >= 11 is 5.95. The van der Waals surface area contributed by atoms with Gasteiger partial charge in [-0.05, 0) is 50.1 Å². The number of aryl methyl sites for hydroxylation is 1. The summed E-state index contributed by atoms with van der Waals surface area (Å²) in [5, 5.41) is 7.53. The van der Waals surface area contributed by atoms with Crippen molar-refractivity contribution in [3.63, 3.8) is 0 Å². The molecule has 30 heavy (non-hydrogen) atoms. The highest BCUT2D eigenvalue weighted by Crippen LogP contribution is 2.30. The van der Waals surface area contributed by atoms with Crippen LogP contribution < -0.4 is 10.7 Å². The molecule has 1 aliphatic rings. The van der Waals surface area contributed by atoms with Crippen LogP contribution >= 0.6 is 11.6 Å². The third-order valence-electron chi connectivity index (χ3n) is 4.82. The first-order valence-corrected chi connectivity index (χ1v) is 9.88. The van der Waals surface area contributed by atoms with Crippen LogP contribution in [0.15, 0.2) is 58.2 Å². The zero-order chi connectivity index (χ0) is 21.1. The van der Waals surface area contributed by atoms with Crippen molar-refractivity contribution >= 4 is 34.9 Å². The van der Waals surface area contributed by atoms with E-state index >= 15 is 0 Å². The predicted molar refractivity (Wildman–Crippen MR) is 114 cm³/mol. The Labute approximate surface area is 178 Å². The Morgan fingerprint density at radius 1 is 1.13 bits per heavy atom. The molecule has 7 nitrogen and oxygen atoms in total. The maximum absolute atomic E-state index is 12.7. The molecule has 2 amide bonds. The van der Waals surface area contributed by atoms with E-state index in [2.05, 4.69) is 20.8 Å². The van der Waals surface area contributed by atoms with Gasteiger partial charge >= 0.3 is 0 Å². The number of anilines is 1. The minimum absolute atomic E-state index is 0.224. The zero-order valence-electron chi connectivity index (χ0n) is 16.2. The number of furan rings is 1. The second-order valence-electron chi connectivity index (χ2n) is 6.89. The number of pyridine rings is 1. The number of hydrogen-bond acceptors (Lipinski definition) is 5. The van der Waals surface area contributed by atoms with Crippen molar-refractivity contribution in [1.29, 1.82) is 0 Å². The van der Waals surface area contributed by atoms with E-state index in [0.717, 1.165) is 12.0 Å². The van der Waals surface area contributed by atoms with E-state index in [1.54, 1.807) is 48.7 Å². The molecule has 152 valence electrons. The van der Waals surface area contributed by atoms with E-state index in [4.69, 9.17) is 16.0 Å². The smallest absolute Gasteiger partial charge is 0.292 e. The van der Waals surface area contributed by atoms with E-state index in [0.29, 0.717) is 46.3 Å². The molecule has 2 aromatic heterocycles. The molecule has 0 atom stereocenters. The number of amides is 2. The number of benzene rings is 1. The van der Waals surface area contributed by atoms with Gasteiger partial charge in [0.15, 0.2) is 5.76 Å². The molecule has 3 aromatic rings. The van der Waals surface area contributed by atoms with E-state index in [1.807, 2.05) is 6.92 Å². The maximum Gasteiger partial charge on any atom is 0.292 e.